The number of benzene rings is 2. The number of amides is 1. The number of alkyl halides is 3. The molecule has 226 valence electrons. The van der Waals surface area contributed by atoms with Crippen molar-refractivity contribution in [2.24, 2.45) is 0 Å². The molecule has 3 aromatic heterocycles. The van der Waals surface area contributed by atoms with E-state index in [4.69, 9.17) is 4.74 Å². The molecule has 4 heterocycles. The first-order valence-corrected chi connectivity index (χ1v) is 15.5. The lowest BCUT2D eigenvalue weighted by Gasteiger charge is -2.36. The minimum Gasteiger partial charge on any atom is -0.495 e. The summed E-state index contributed by atoms with van der Waals surface area (Å²) in [6.07, 6.45) is -1.32. The fraction of sp³-hybridized carbons (Fsp3) is 0.233. The van der Waals surface area contributed by atoms with Gasteiger partial charge in [0.05, 0.1) is 29.8 Å². The molecule has 1 aliphatic rings. The minimum absolute atomic E-state index is 0.136. The fourth-order valence-corrected chi connectivity index (χ4v) is 6.64. The molecule has 14 heteroatoms. The summed E-state index contributed by atoms with van der Waals surface area (Å²) in [6.45, 7) is 2.44. The summed E-state index contributed by atoms with van der Waals surface area (Å²) >= 11 is 2.63. The van der Waals surface area contributed by atoms with E-state index < -0.39 is 11.7 Å². The highest BCUT2D eigenvalue weighted by atomic mass is 32.2. The van der Waals surface area contributed by atoms with Crippen molar-refractivity contribution in [3.63, 3.8) is 0 Å². The molecular weight excluding hydrogens is 612 g/mol. The van der Waals surface area contributed by atoms with Crippen molar-refractivity contribution in [2.45, 2.75) is 17.1 Å². The lowest BCUT2D eigenvalue weighted by molar-refractivity contribution is -0.137. The van der Waals surface area contributed by atoms with E-state index in [-0.39, 0.29) is 11.6 Å². The van der Waals surface area contributed by atoms with E-state index in [0.29, 0.717) is 59.2 Å². The van der Waals surface area contributed by atoms with Crippen molar-refractivity contribution in [1.82, 2.24) is 29.6 Å². The summed E-state index contributed by atoms with van der Waals surface area (Å²) in [4.78, 5) is 26.0. The molecule has 2 aromatic carbocycles. The van der Waals surface area contributed by atoms with Crippen LogP contribution in [0.25, 0.3) is 17.1 Å². The number of halogens is 3. The van der Waals surface area contributed by atoms with Crippen molar-refractivity contribution < 1.29 is 22.7 Å². The second kappa shape index (κ2) is 12.7. The van der Waals surface area contributed by atoms with Crippen LogP contribution in [-0.2, 0) is 11.9 Å². The van der Waals surface area contributed by atoms with Crippen LogP contribution in [0.4, 0.5) is 18.9 Å². The Balaban J connectivity index is 1.16. The Hall–Kier alpha value is -4.43. The third-order valence-corrected chi connectivity index (χ3v) is 9.04. The van der Waals surface area contributed by atoms with Gasteiger partial charge in [-0.15, -0.1) is 21.5 Å². The number of pyridine rings is 1. The Bertz CT molecular complexity index is 1750. The number of thioether (sulfide) groups is 1. The molecule has 1 aliphatic heterocycles. The first-order valence-electron chi connectivity index (χ1n) is 13.6. The van der Waals surface area contributed by atoms with Gasteiger partial charge in [0.15, 0.2) is 11.0 Å². The van der Waals surface area contributed by atoms with Crippen LogP contribution in [0, 0.1) is 0 Å². The van der Waals surface area contributed by atoms with Crippen LogP contribution in [0.1, 0.15) is 21.1 Å². The Morgan fingerprint density at radius 2 is 1.84 bits per heavy atom. The lowest BCUT2D eigenvalue weighted by atomic mass is 10.2. The van der Waals surface area contributed by atoms with Gasteiger partial charge in [-0.25, -0.2) is 4.98 Å². The van der Waals surface area contributed by atoms with Gasteiger partial charge >= 0.3 is 6.18 Å². The average molecular weight is 638 g/mol. The van der Waals surface area contributed by atoms with Crippen molar-refractivity contribution in [3.8, 4) is 22.8 Å². The molecule has 1 saturated heterocycles. The summed E-state index contributed by atoms with van der Waals surface area (Å²) in [6, 6.07) is 16.3. The van der Waals surface area contributed by atoms with Gasteiger partial charge in [0, 0.05) is 49.5 Å². The summed E-state index contributed by atoms with van der Waals surface area (Å²) < 4.78 is 47.7. The molecule has 0 unspecified atom stereocenters. The minimum atomic E-state index is -4.50. The van der Waals surface area contributed by atoms with Gasteiger partial charge in [-0.05, 0) is 42.5 Å². The number of nitrogens with zero attached hydrogens (tertiary/aromatic N) is 7. The van der Waals surface area contributed by atoms with E-state index in [9.17, 15) is 18.0 Å². The van der Waals surface area contributed by atoms with Crippen LogP contribution in [0.2, 0.25) is 0 Å². The van der Waals surface area contributed by atoms with Crippen LogP contribution >= 0.6 is 23.1 Å². The number of aromatic nitrogens is 5. The Labute approximate surface area is 259 Å². The zero-order valence-electron chi connectivity index (χ0n) is 23.4. The Kier molecular flexibility index (Phi) is 8.53. The average Bonchev–Trinajstić information content (AvgIpc) is 3.71. The van der Waals surface area contributed by atoms with Gasteiger partial charge in [-0.3, -0.25) is 14.3 Å². The zero-order chi connectivity index (χ0) is 30.7. The molecule has 6 rings (SSSR count). The predicted octanol–water partition coefficient (Wildman–Crippen LogP) is 6.07. The topological polar surface area (TPSA) is 89.3 Å². The third kappa shape index (κ3) is 6.26. The van der Waals surface area contributed by atoms with Crippen LogP contribution in [0.3, 0.4) is 0 Å². The molecule has 0 atom stereocenters. The first-order chi connectivity index (χ1) is 21.3. The van der Waals surface area contributed by atoms with Gasteiger partial charge in [-0.2, -0.15) is 13.2 Å². The lowest BCUT2D eigenvalue weighted by Crippen LogP contribution is -2.49. The van der Waals surface area contributed by atoms with Gasteiger partial charge < -0.3 is 14.5 Å². The number of para-hydroxylation sites is 2. The van der Waals surface area contributed by atoms with Crippen LogP contribution in [-0.4, -0.2) is 68.8 Å². The molecule has 0 N–H and O–H groups in total. The highest BCUT2D eigenvalue weighted by molar-refractivity contribution is 7.98. The van der Waals surface area contributed by atoms with E-state index in [2.05, 4.69) is 25.1 Å². The molecule has 0 bridgehead atoms. The quantitative estimate of drug-likeness (QED) is 0.190. The maximum absolute atomic E-state index is 13.5. The highest BCUT2D eigenvalue weighted by Gasteiger charge is 2.31. The van der Waals surface area contributed by atoms with E-state index in [0.717, 1.165) is 23.6 Å². The van der Waals surface area contributed by atoms with E-state index in [1.54, 1.807) is 52.5 Å². The Morgan fingerprint density at radius 3 is 2.59 bits per heavy atom. The second-order valence-corrected chi connectivity index (χ2v) is 11.7. The largest absolute Gasteiger partial charge is 0.495 e. The normalized spacial score (nSPS) is 13.7. The monoisotopic (exact) mass is 637 g/mol. The van der Waals surface area contributed by atoms with Gasteiger partial charge in [0.2, 0.25) is 0 Å². The maximum Gasteiger partial charge on any atom is 0.416 e. The standard InChI is InChI=1S/C30H26F3N7O2S2/c1-42-25-10-3-2-9-24(25)38-12-14-39(15-13-38)28(41)23-18-43-26(35-23)19-44-29-37-36-27(20-6-5-11-34-17-20)40(29)22-8-4-7-21(16-22)30(31,32)33/h2-11,16-18H,12-15,19H2,1H3. The summed E-state index contributed by atoms with van der Waals surface area (Å²) in [5, 5.41) is 11.4. The zero-order valence-corrected chi connectivity index (χ0v) is 25.1. The second-order valence-electron chi connectivity index (χ2n) is 9.80. The molecule has 5 aromatic rings. The number of hydrogen-bond donors (Lipinski definition) is 0. The number of thiazole rings is 1. The summed E-state index contributed by atoms with van der Waals surface area (Å²) in [5.74, 6) is 1.37. The van der Waals surface area contributed by atoms with Crippen molar-refractivity contribution >= 4 is 34.7 Å². The van der Waals surface area contributed by atoms with E-state index >= 15 is 0 Å². The SMILES string of the molecule is COc1ccccc1N1CCN(C(=O)c2csc(CSc3nnc(-c4cccnc4)n3-c3cccc(C(F)(F)F)c3)n2)CC1. The maximum atomic E-state index is 13.5. The Morgan fingerprint density at radius 1 is 1.02 bits per heavy atom. The van der Waals surface area contributed by atoms with Gasteiger partial charge in [-0.1, -0.05) is 30.0 Å². The number of rotatable bonds is 8. The van der Waals surface area contributed by atoms with Crippen molar-refractivity contribution in [2.75, 3.05) is 38.2 Å². The van der Waals surface area contributed by atoms with Gasteiger partial charge in [0.25, 0.3) is 5.91 Å². The molecule has 0 saturated carbocycles. The summed E-state index contributed by atoms with van der Waals surface area (Å²) in [5.41, 5.74) is 1.47. The first kappa shape index (κ1) is 29.6. The number of methoxy groups -OCH3 is 1. The smallest absolute Gasteiger partial charge is 0.416 e. The van der Waals surface area contributed by atoms with E-state index in [1.807, 2.05) is 24.3 Å². The number of carbonyl (C=O) groups excluding carboxylic acids is 1. The highest BCUT2D eigenvalue weighted by Crippen LogP contribution is 2.34. The number of hydrogen-bond acceptors (Lipinski definition) is 9. The van der Waals surface area contributed by atoms with Crippen LogP contribution in [0.5, 0.6) is 5.75 Å². The number of carbonyl (C=O) groups is 1. The van der Waals surface area contributed by atoms with Crippen LogP contribution < -0.4 is 9.64 Å². The van der Waals surface area contributed by atoms with Crippen LogP contribution in [0.15, 0.2) is 83.6 Å². The van der Waals surface area contributed by atoms with Crippen molar-refractivity contribution in [1.29, 1.82) is 0 Å². The van der Waals surface area contributed by atoms with E-state index in [1.165, 1.54) is 29.2 Å². The molecule has 0 aliphatic carbocycles. The number of ether oxygens (including phenoxy) is 1. The van der Waals surface area contributed by atoms with Gasteiger partial charge in [0.1, 0.15) is 16.5 Å². The molecule has 9 nitrogen and oxygen atoms in total. The fourth-order valence-electron chi connectivity index (χ4n) is 4.90. The molecular formula is C30H26F3N7O2S2. The molecule has 44 heavy (non-hydrogen) atoms. The number of anilines is 1. The molecule has 0 radical (unpaired) electrons. The molecule has 1 amide bonds. The molecule has 1 fully saturated rings. The predicted molar refractivity (Wildman–Crippen MR) is 162 cm³/mol. The number of piperazine rings is 1. The summed E-state index contributed by atoms with van der Waals surface area (Å²) in [7, 11) is 1.64. The molecule has 0 spiro atoms. The third-order valence-electron chi connectivity index (χ3n) is 7.07. The van der Waals surface area contributed by atoms with Crippen molar-refractivity contribution in [3.05, 3.63) is 94.7 Å².